The van der Waals surface area contributed by atoms with Gasteiger partial charge in [-0.3, -0.25) is 4.79 Å². The number of methoxy groups -OCH3 is 1. The van der Waals surface area contributed by atoms with Gasteiger partial charge in [-0.05, 0) is 40.6 Å². The molecule has 1 aromatic heterocycles. The second-order valence-corrected chi connectivity index (χ2v) is 8.17. The minimum Gasteiger partial charge on any atom is -0.496 e. The monoisotopic (exact) mass is 474 g/mol. The number of amides is 1. The Morgan fingerprint density at radius 2 is 1.97 bits per heavy atom. The first kappa shape index (κ1) is 23.7. The number of likely N-dealkylation sites (tertiary alicyclic amines) is 1. The van der Waals surface area contributed by atoms with Crippen molar-refractivity contribution in [2.24, 2.45) is 0 Å². The van der Waals surface area contributed by atoms with Gasteiger partial charge in [0.05, 0.1) is 12.8 Å². The summed E-state index contributed by atoms with van der Waals surface area (Å²) < 4.78 is 45.9. The van der Waals surface area contributed by atoms with Crippen molar-refractivity contribution in [3.63, 3.8) is 0 Å². The van der Waals surface area contributed by atoms with Gasteiger partial charge < -0.3 is 15.0 Å². The molecule has 1 amide bonds. The summed E-state index contributed by atoms with van der Waals surface area (Å²) in [4.78, 5) is 13.8. The lowest BCUT2D eigenvalue weighted by Gasteiger charge is -2.39. The van der Waals surface area contributed by atoms with Crippen molar-refractivity contribution in [1.29, 1.82) is 0 Å². The maximum absolute atomic E-state index is 13.3. The fourth-order valence-corrected chi connectivity index (χ4v) is 4.33. The van der Waals surface area contributed by atoms with Gasteiger partial charge in [0.15, 0.2) is 0 Å². The van der Waals surface area contributed by atoms with Gasteiger partial charge in [-0.1, -0.05) is 30.3 Å². The van der Waals surface area contributed by atoms with Crippen LogP contribution in [0.3, 0.4) is 0 Å². The molecule has 0 bridgehead atoms. The topological polar surface area (TPSA) is 85.2 Å². The van der Waals surface area contributed by atoms with Crippen molar-refractivity contribution >= 4 is 5.91 Å². The molecule has 0 radical (unpaired) electrons. The van der Waals surface area contributed by atoms with E-state index in [-0.39, 0.29) is 23.6 Å². The van der Waals surface area contributed by atoms with Crippen molar-refractivity contribution in [3.8, 4) is 11.4 Å². The number of aromatic nitrogens is 4. The number of carbonyl (C=O) groups excluding carboxylic acids is 1. The number of nitrogens with one attached hydrogen (secondary N) is 1. The number of piperidine rings is 1. The number of hydrogen-bond donors (Lipinski definition) is 1. The summed E-state index contributed by atoms with van der Waals surface area (Å²) >= 11 is 0. The highest BCUT2D eigenvalue weighted by Gasteiger charge is 2.38. The van der Waals surface area contributed by atoms with E-state index in [2.05, 4.69) is 20.8 Å². The molecule has 1 aliphatic heterocycles. The molecule has 1 N–H and O–H groups in total. The van der Waals surface area contributed by atoms with Crippen LogP contribution in [0.1, 0.15) is 36.2 Å². The summed E-state index contributed by atoms with van der Waals surface area (Å²) in [5.41, 5.74) is 1.97. The fourth-order valence-electron chi connectivity index (χ4n) is 4.33. The molecule has 4 rings (SSSR count). The number of carbonyl (C=O) groups is 1. The van der Waals surface area contributed by atoms with E-state index in [1.54, 1.807) is 19.1 Å². The van der Waals surface area contributed by atoms with Gasteiger partial charge in [-0.15, -0.1) is 5.10 Å². The normalized spacial score (nSPS) is 18.7. The number of ether oxygens (including phenoxy) is 1. The predicted octanol–water partition coefficient (Wildman–Crippen LogP) is 3.18. The molecule has 11 heteroatoms. The third-order valence-electron chi connectivity index (χ3n) is 6.07. The van der Waals surface area contributed by atoms with Crippen molar-refractivity contribution in [1.82, 2.24) is 30.4 Å². The van der Waals surface area contributed by atoms with Crippen LogP contribution in [0.5, 0.6) is 5.75 Å². The number of alkyl halides is 3. The summed E-state index contributed by atoms with van der Waals surface area (Å²) in [7, 11) is 1.51. The third kappa shape index (κ3) is 5.04. The molecule has 180 valence electrons. The first-order chi connectivity index (χ1) is 16.3. The molecule has 8 nitrogen and oxygen atoms in total. The SMILES string of the molecule is COc1ccc(-n2nnnc2C(F)(F)F)cc1CN[C@H]1CCN(C(C)=O)C[C@H]1c1ccccc1. The van der Waals surface area contributed by atoms with Crippen LogP contribution in [0.4, 0.5) is 13.2 Å². The first-order valence-corrected chi connectivity index (χ1v) is 10.8. The number of benzene rings is 2. The molecule has 0 spiro atoms. The molecule has 34 heavy (non-hydrogen) atoms. The van der Waals surface area contributed by atoms with Crippen LogP contribution in [0.2, 0.25) is 0 Å². The molecule has 1 saturated heterocycles. The Kier molecular flexibility index (Phi) is 6.82. The maximum Gasteiger partial charge on any atom is 0.453 e. The number of hydrogen-bond acceptors (Lipinski definition) is 6. The molecule has 1 aliphatic rings. The van der Waals surface area contributed by atoms with Gasteiger partial charge >= 0.3 is 6.18 Å². The summed E-state index contributed by atoms with van der Waals surface area (Å²) in [6, 6.07) is 14.7. The number of tetrazole rings is 1. The smallest absolute Gasteiger partial charge is 0.453 e. The highest BCUT2D eigenvalue weighted by molar-refractivity contribution is 5.73. The molecule has 2 atom stereocenters. The van der Waals surface area contributed by atoms with E-state index in [4.69, 9.17) is 4.74 Å². The van der Waals surface area contributed by atoms with Crippen LogP contribution in [0.25, 0.3) is 5.69 Å². The second kappa shape index (κ2) is 9.80. The lowest BCUT2D eigenvalue weighted by molar-refractivity contribution is -0.146. The summed E-state index contributed by atoms with van der Waals surface area (Å²) in [6.45, 7) is 3.15. The molecular formula is C23H25F3N6O2. The number of nitrogens with zero attached hydrogens (tertiary/aromatic N) is 5. The lowest BCUT2D eigenvalue weighted by Crippen LogP contribution is -2.49. The van der Waals surface area contributed by atoms with Crippen LogP contribution in [0.15, 0.2) is 48.5 Å². The summed E-state index contributed by atoms with van der Waals surface area (Å²) in [5, 5.41) is 13.4. The van der Waals surface area contributed by atoms with E-state index in [0.29, 0.717) is 35.6 Å². The van der Waals surface area contributed by atoms with E-state index in [0.717, 1.165) is 12.0 Å². The van der Waals surface area contributed by atoms with E-state index < -0.39 is 12.0 Å². The van der Waals surface area contributed by atoms with Crippen LogP contribution in [-0.2, 0) is 17.5 Å². The Bertz CT molecular complexity index is 1140. The molecule has 0 unspecified atom stereocenters. The Hall–Kier alpha value is -3.47. The highest BCUT2D eigenvalue weighted by atomic mass is 19.4. The first-order valence-electron chi connectivity index (χ1n) is 10.8. The molecular weight excluding hydrogens is 449 g/mol. The van der Waals surface area contributed by atoms with Gasteiger partial charge in [-0.25, -0.2) is 0 Å². The molecule has 1 fully saturated rings. The van der Waals surface area contributed by atoms with E-state index in [1.807, 2.05) is 35.2 Å². The van der Waals surface area contributed by atoms with Crippen LogP contribution >= 0.6 is 0 Å². The highest BCUT2D eigenvalue weighted by Crippen LogP contribution is 2.31. The predicted molar refractivity (Wildman–Crippen MR) is 117 cm³/mol. The van der Waals surface area contributed by atoms with Gasteiger partial charge in [0, 0.05) is 44.1 Å². The molecule has 3 aromatic rings. The van der Waals surface area contributed by atoms with Gasteiger partial charge in [0.25, 0.3) is 5.82 Å². The van der Waals surface area contributed by atoms with Gasteiger partial charge in [0.1, 0.15) is 5.75 Å². The van der Waals surface area contributed by atoms with E-state index in [1.165, 1.54) is 13.2 Å². The van der Waals surface area contributed by atoms with Gasteiger partial charge in [-0.2, -0.15) is 17.9 Å². The fraction of sp³-hybridized carbons (Fsp3) is 0.391. The zero-order valence-corrected chi connectivity index (χ0v) is 18.8. The van der Waals surface area contributed by atoms with E-state index in [9.17, 15) is 18.0 Å². The van der Waals surface area contributed by atoms with Crippen LogP contribution in [-0.4, -0.2) is 57.3 Å². The Labute approximate surface area is 194 Å². The largest absolute Gasteiger partial charge is 0.496 e. The maximum atomic E-state index is 13.3. The Morgan fingerprint density at radius 1 is 1.21 bits per heavy atom. The zero-order valence-electron chi connectivity index (χ0n) is 18.8. The average molecular weight is 474 g/mol. The summed E-state index contributed by atoms with van der Waals surface area (Å²) in [6.07, 6.45) is -3.94. The lowest BCUT2D eigenvalue weighted by atomic mass is 9.85. The van der Waals surface area contributed by atoms with Crippen LogP contribution in [0, 0.1) is 0 Å². The molecule has 0 saturated carbocycles. The van der Waals surface area contributed by atoms with Crippen molar-refractivity contribution in [3.05, 3.63) is 65.5 Å². The quantitative estimate of drug-likeness (QED) is 0.591. The number of halogens is 3. The Morgan fingerprint density at radius 3 is 2.65 bits per heavy atom. The van der Waals surface area contributed by atoms with Crippen molar-refractivity contribution < 1.29 is 22.7 Å². The van der Waals surface area contributed by atoms with Crippen molar-refractivity contribution in [2.75, 3.05) is 20.2 Å². The zero-order chi connectivity index (χ0) is 24.3. The molecule has 2 aromatic carbocycles. The standard InChI is InChI=1S/C23H25F3N6O2/c1-15(33)31-11-10-20(19(14-31)16-6-4-3-5-7-16)27-13-17-12-18(8-9-21(17)34-2)32-22(23(24,25)26)28-29-30-32/h3-9,12,19-20,27H,10-11,13-14H2,1-2H3/t19-,20-/m0/s1. The second-order valence-electron chi connectivity index (χ2n) is 8.17. The van der Waals surface area contributed by atoms with E-state index >= 15 is 0 Å². The number of rotatable bonds is 6. The van der Waals surface area contributed by atoms with Gasteiger partial charge in [0.2, 0.25) is 5.91 Å². The molecule has 2 heterocycles. The van der Waals surface area contributed by atoms with Crippen LogP contribution < -0.4 is 10.1 Å². The summed E-state index contributed by atoms with van der Waals surface area (Å²) in [5.74, 6) is -0.548. The minimum atomic E-state index is -4.69. The average Bonchev–Trinajstić information content (AvgIpc) is 3.34. The van der Waals surface area contributed by atoms with Crippen molar-refractivity contribution in [2.45, 2.75) is 38.0 Å². The third-order valence-corrected chi connectivity index (χ3v) is 6.07. The Balaban J connectivity index is 1.58. The molecule has 0 aliphatic carbocycles. The minimum absolute atomic E-state index is 0.0376.